The first-order chi connectivity index (χ1) is 13.8. The number of anilines is 1. The van der Waals surface area contributed by atoms with E-state index in [2.05, 4.69) is 15.3 Å². The molecule has 0 spiro atoms. The van der Waals surface area contributed by atoms with Gasteiger partial charge in [-0.15, -0.1) is 0 Å². The number of aromatic amines is 1. The Morgan fingerprint density at radius 2 is 2.03 bits per heavy atom. The van der Waals surface area contributed by atoms with E-state index in [1.54, 1.807) is 17.2 Å². The number of pyridine rings is 1. The van der Waals surface area contributed by atoms with E-state index < -0.39 is 0 Å². The van der Waals surface area contributed by atoms with Gasteiger partial charge in [0.15, 0.2) is 5.78 Å². The number of carbonyl (C=O) groups is 3. The SMILES string of the molecule is CCc1c(C(=O)N2CCCC(C(=O)Nc3ccc(C)cn3)C2)[nH]c(C)c1C(C)=O. The summed E-state index contributed by atoms with van der Waals surface area (Å²) in [5.74, 6) is -0.0890. The Balaban J connectivity index is 1.74. The lowest BCUT2D eigenvalue weighted by Gasteiger charge is -2.32. The zero-order valence-electron chi connectivity index (χ0n) is 17.5. The second-order valence-corrected chi connectivity index (χ2v) is 7.69. The average molecular weight is 396 g/mol. The van der Waals surface area contributed by atoms with Gasteiger partial charge in [-0.2, -0.15) is 0 Å². The van der Waals surface area contributed by atoms with Crippen molar-refractivity contribution in [3.8, 4) is 0 Å². The lowest BCUT2D eigenvalue weighted by Crippen LogP contribution is -2.44. The number of amides is 2. The number of nitrogens with zero attached hydrogens (tertiary/aromatic N) is 2. The molecule has 0 aromatic carbocycles. The van der Waals surface area contributed by atoms with Gasteiger partial charge in [-0.25, -0.2) is 4.98 Å². The lowest BCUT2D eigenvalue weighted by molar-refractivity contribution is -0.121. The molecule has 1 saturated heterocycles. The molecule has 2 amide bonds. The number of carbonyl (C=O) groups excluding carboxylic acids is 3. The summed E-state index contributed by atoms with van der Waals surface area (Å²) in [5, 5.41) is 2.85. The van der Waals surface area contributed by atoms with Crippen LogP contribution in [0.4, 0.5) is 5.82 Å². The van der Waals surface area contributed by atoms with E-state index in [0.717, 1.165) is 29.7 Å². The number of hydrogen-bond donors (Lipinski definition) is 2. The molecule has 2 aromatic rings. The van der Waals surface area contributed by atoms with Gasteiger partial charge in [-0.05, 0) is 57.2 Å². The first-order valence-corrected chi connectivity index (χ1v) is 10.1. The second kappa shape index (κ2) is 8.59. The highest BCUT2D eigenvalue weighted by Crippen LogP contribution is 2.25. The largest absolute Gasteiger partial charge is 0.354 e. The van der Waals surface area contributed by atoms with Crippen LogP contribution in [0.15, 0.2) is 18.3 Å². The molecule has 3 rings (SSSR count). The van der Waals surface area contributed by atoms with Gasteiger partial charge >= 0.3 is 0 Å². The quantitative estimate of drug-likeness (QED) is 0.758. The maximum atomic E-state index is 13.2. The van der Waals surface area contributed by atoms with Crippen molar-refractivity contribution in [2.75, 3.05) is 18.4 Å². The van der Waals surface area contributed by atoms with E-state index in [-0.39, 0.29) is 23.5 Å². The molecule has 0 radical (unpaired) electrons. The maximum Gasteiger partial charge on any atom is 0.270 e. The first-order valence-electron chi connectivity index (χ1n) is 10.1. The Morgan fingerprint density at radius 1 is 1.28 bits per heavy atom. The first kappa shape index (κ1) is 20.8. The number of aromatic nitrogens is 2. The molecule has 29 heavy (non-hydrogen) atoms. The molecule has 7 nitrogen and oxygen atoms in total. The molecule has 1 atom stereocenters. The lowest BCUT2D eigenvalue weighted by atomic mass is 9.96. The fourth-order valence-electron chi connectivity index (χ4n) is 3.99. The van der Waals surface area contributed by atoms with Crippen LogP contribution in [0.5, 0.6) is 0 Å². The van der Waals surface area contributed by atoms with Crippen molar-refractivity contribution >= 4 is 23.4 Å². The molecule has 2 N–H and O–H groups in total. The van der Waals surface area contributed by atoms with Crippen molar-refractivity contribution in [3.63, 3.8) is 0 Å². The van der Waals surface area contributed by atoms with E-state index in [1.165, 1.54) is 6.92 Å². The van der Waals surface area contributed by atoms with Crippen LogP contribution < -0.4 is 5.32 Å². The minimum atomic E-state index is -0.288. The van der Waals surface area contributed by atoms with Crippen molar-refractivity contribution in [1.29, 1.82) is 0 Å². The fourth-order valence-corrected chi connectivity index (χ4v) is 3.99. The molecule has 154 valence electrons. The summed E-state index contributed by atoms with van der Waals surface area (Å²) < 4.78 is 0. The van der Waals surface area contributed by atoms with Crippen molar-refractivity contribution in [2.45, 2.75) is 47.0 Å². The molecular formula is C22H28N4O3. The number of likely N-dealkylation sites (tertiary alicyclic amines) is 1. The van der Waals surface area contributed by atoms with Crippen molar-refractivity contribution < 1.29 is 14.4 Å². The summed E-state index contributed by atoms with van der Waals surface area (Å²) in [6.45, 7) is 8.16. The highest BCUT2D eigenvalue weighted by molar-refractivity contribution is 6.03. The van der Waals surface area contributed by atoms with Crippen molar-refractivity contribution in [3.05, 3.63) is 46.4 Å². The normalized spacial score (nSPS) is 16.6. The zero-order chi connectivity index (χ0) is 21.1. The van der Waals surface area contributed by atoms with E-state index >= 15 is 0 Å². The Morgan fingerprint density at radius 3 is 2.66 bits per heavy atom. The van der Waals surface area contributed by atoms with Crippen LogP contribution in [0.3, 0.4) is 0 Å². The van der Waals surface area contributed by atoms with Gasteiger partial charge in [0.25, 0.3) is 5.91 Å². The molecule has 1 aliphatic heterocycles. The van der Waals surface area contributed by atoms with Crippen LogP contribution in [0.2, 0.25) is 0 Å². The van der Waals surface area contributed by atoms with E-state index in [1.807, 2.05) is 26.8 Å². The number of nitrogens with one attached hydrogen (secondary N) is 2. The number of piperidine rings is 1. The topological polar surface area (TPSA) is 95.2 Å². The predicted molar refractivity (Wildman–Crippen MR) is 111 cm³/mol. The standard InChI is InChI=1S/C22H28N4O3/c1-5-17-19(15(4)27)14(3)24-20(17)22(29)26-10-6-7-16(12-26)21(28)25-18-9-8-13(2)11-23-18/h8-9,11,16,24H,5-7,10,12H2,1-4H3,(H,23,25,28). The van der Waals surface area contributed by atoms with Crippen LogP contribution >= 0.6 is 0 Å². The van der Waals surface area contributed by atoms with Gasteiger partial charge in [-0.1, -0.05) is 13.0 Å². The van der Waals surface area contributed by atoms with Gasteiger partial charge in [0.05, 0.1) is 5.92 Å². The number of H-pyrrole nitrogens is 1. The minimum absolute atomic E-state index is 0.0452. The predicted octanol–water partition coefficient (Wildman–Crippen LogP) is 3.28. The molecule has 0 aliphatic carbocycles. The average Bonchev–Trinajstić information content (AvgIpc) is 3.05. The van der Waals surface area contributed by atoms with Gasteiger partial charge in [0.2, 0.25) is 5.91 Å². The molecule has 1 aliphatic rings. The van der Waals surface area contributed by atoms with Gasteiger partial charge in [-0.3, -0.25) is 14.4 Å². The monoisotopic (exact) mass is 396 g/mol. The molecule has 1 unspecified atom stereocenters. The summed E-state index contributed by atoms with van der Waals surface area (Å²) in [7, 11) is 0. The summed E-state index contributed by atoms with van der Waals surface area (Å²) in [5.41, 5.74) is 3.57. The number of hydrogen-bond acceptors (Lipinski definition) is 4. The van der Waals surface area contributed by atoms with Crippen LogP contribution in [-0.4, -0.2) is 45.6 Å². The molecule has 2 aromatic heterocycles. The summed E-state index contributed by atoms with van der Waals surface area (Å²) in [6.07, 6.45) is 3.78. The number of aryl methyl sites for hydroxylation is 2. The molecule has 1 fully saturated rings. The summed E-state index contributed by atoms with van der Waals surface area (Å²) >= 11 is 0. The van der Waals surface area contributed by atoms with Gasteiger partial charge < -0.3 is 15.2 Å². The van der Waals surface area contributed by atoms with Crippen molar-refractivity contribution in [2.24, 2.45) is 5.92 Å². The minimum Gasteiger partial charge on any atom is -0.354 e. The molecular weight excluding hydrogens is 368 g/mol. The fraction of sp³-hybridized carbons (Fsp3) is 0.455. The van der Waals surface area contributed by atoms with E-state index in [0.29, 0.717) is 36.6 Å². The second-order valence-electron chi connectivity index (χ2n) is 7.69. The third-order valence-corrected chi connectivity index (χ3v) is 5.45. The van der Waals surface area contributed by atoms with Crippen LogP contribution in [0, 0.1) is 19.8 Å². The Labute approximate surface area is 170 Å². The number of ketones is 1. The van der Waals surface area contributed by atoms with Crippen molar-refractivity contribution in [1.82, 2.24) is 14.9 Å². The van der Waals surface area contributed by atoms with E-state index in [4.69, 9.17) is 0 Å². The summed E-state index contributed by atoms with van der Waals surface area (Å²) in [6, 6.07) is 3.67. The third-order valence-electron chi connectivity index (χ3n) is 5.45. The van der Waals surface area contributed by atoms with Gasteiger partial charge in [0, 0.05) is 30.5 Å². The number of rotatable bonds is 5. The van der Waals surface area contributed by atoms with Crippen LogP contribution in [-0.2, 0) is 11.2 Å². The molecule has 7 heteroatoms. The highest BCUT2D eigenvalue weighted by atomic mass is 16.2. The Bertz CT molecular complexity index is 930. The molecule has 3 heterocycles. The zero-order valence-corrected chi connectivity index (χ0v) is 17.5. The Hall–Kier alpha value is -2.96. The number of Topliss-reactive ketones (excluding diaryl/α,β-unsaturated/α-hetero) is 1. The highest BCUT2D eigenvalue weighted by Gasteiger charge is 2.31. The maximum absolute atomic E-state index is 13.2. The third kappa shape index (κ3) is 4.39. The van der Waals surface area contributed by atoms with E-state index in [9.17, 15) is 14.4 Å². The van der Waals surface area contributed by atoms with Crippen LogP contribution in [0.25, 0.3) is 0 Å². The summed E-state index contributed by atoms with van der Waals surface area (Å²) in [4.78, 5) is 46.9. The smallest absolute Gasteiger partial charge is 0.270 e. The molecule has 0 saturated carbocycles. The van der Waals surface area contributed by atoms with Crippen LogP contribution in [0.1, 0.15) is 64.4 Å². The molecule has 0 bridgehead atoms. The Kier molecular flexibility index (Phi) is 6.15. The van der Waals surface area contributed by atoms with Gasteiger partial charge in [0.1, 0.15) is 11.5 Å².